The molecule has 0 radical (unpaired) electrons. The first-order valence-corrected chi connectivity index (χ1v) is 8.27. The highest BCUT2D eigenvalue weighted by molar-refractivity contribution is 6.33. The van der Waals surface area contributed by atoms with Crippen LogP contribution in [0.5, 0.6) is 0 Å². The summed E-state index contributed by atoms with van der Waals surface area (Å²) in [6.45, 7) is 2.58. The summed E-state index contributed by atoms with van der Waals surface area (Å²) in [6.07, 6.45) is 2.41. The maximum atomic E-state index is 11.7. The minimum Gasteiger partial charge on any atom is -0.465 e. The van der Waals surface area contributed by atoms with Crippen LogP contribution in [0.2, 0.25) is 5.02 Å². The minimum atomic E-state index is -0.467. The molecule has 1 aliphatic rings. The molecular formula is C16H17ClN6O3. The van der Waals surface area contributed by atoms with E-state index in [0.717, 1.165) is 6.41 Å². The van der Waals surface area contributed by atoms with Gasteiger partial charge in [-0.25, -0.2) is 4.79 Å². The molecule has 9 nitrogen and oxygen atoms in total. The summed E-state index contributed by atoms with van der Waals surface area (Å²) in [7, 11) is 1.31. The molecule has 1 aromatic heterocycles. The number of ether oxygens (including phenoxy) is 1. The topological polar surface area (TPSA) is 101 Å². The van der Waals surface area contributed by atoms with E-state index in [1.807, 2.05) is 4.90 Å². The molecule has 1 aromatic carbocycles. The molecule has 0 spiro atoms. The number of rotatable bonds is 5. The van der Waals surface area contributed by atoms with Crippen LogP contribution in [-0.4, -0.2) is 65.7 Å². The SMILES string of the molecule is COC(=O)c1ccc(Cl)c(Nc2nncc(N3CCN(C=O)CC3)n2)c1. The molecule has 1 saturated heterocycles. The molecule has 136 valence electrons. The summed E-state index contributed by atoms with van der Waals surface area (Å²) < 4.78 is 4.71. The molecule has 1 aliphatic heterocycles. The molecule has 1 fully saturated rings. The van der Waals surface area contributed by atoms with Gasteiger partial charge in [0.15, 0.2) is 5.82 Å². The molecule has 0 saturated carbocycles. The van der Waals surface area contributed by atoms with Crippen LogP contribution in [0, 0.1) is 0 Å². The molecule has 1 amide bonds. The summed E-state index contributed by atoms with van der Waals surface area (Å²) in [5.74, 6) is 0.433. The average Bonchev–Trinajstić information content (AvgIpc) is 2.69. The van der Waals surface area contributed by atoms with Crippen molar-refractivity contribution in [2.24, 2.45) is 0 Å². The number of carbonyl (C=O) groups excluding carboxylic acids is 2. The number of hydrogen-bond donors (Lipinski definition) is 1. The third kappa shape index (κ3) is 3.99. The van der Waals surface area contributed by atoms with Crippen molar-refractivity contribution in [1.82, 2.24) is 20.1 Å². The molecule has 3 rings (SSSR count). The Balaban J connectivity index is 1.77. The van der Waals surface area contributed by atoms with Crippen molar-refractivity contribution in [1.29, 1.82) is 0 Å². The summed E-state index contributed by atoms with van der Waals surface area (Å²) in [4.78, 5) is 30.6. The van der Waals surface area contributed by atoms with Gasteiger partial charge in [0.1, 0.15) is 0 Å². The highest BCUT2D eigenvalue weighted by Gasteiger charge is 2.18. The molecule has 26 heavy (non-hydrogen) atoms. The number of nitrogens with zero attached hydrogens (tertiary/aromatic N) is 5. The fourth-order valence-corrected chi connectivity index (χ4v) is 2.71. The second-order valence-electron chi connectivity index (χ2n) is 5.58. The number of carbonyl (C=O) groups is 2. The smallest absolute Gasteiger partial charge is 0.337 e. The van der Waals surface area contributed by atoms with Crippen molar-refractivity contribution in [3.05, 3.63) is 35.0 Å². The number of nitrogens with one attached hydrogen (secondary N) is 1. The van der Waals surface area contributed by atoms with Crippen LogP contribution in [0.15, 0.2) is 24.4 Å². The Morgan fingerprint density at radius 1 is 1.31 bits per heavy atom. The monoisotopic (exact) mass is 376 g/mol. The van der Waals surface area contributed by atoms with Crippen molar-refractivity contribution in [3.8, 4) is 0 Å². The van der Waals surface area contributed by atoms with E-state index in [1.54, 1.807) is 29.3 Å². The first kappa shape index (κ1) is 17.9. The molecule has 0 unspecified atom stereocenters. The maximum absolute atomic E-state index is 11.7. The Morgan fingerprint density at radius 2 is 2.08 bits per heavy atom. The van der Waals surface area contributed by atoms with Crippen LogP contribution in [0.3, 0.4) is 0 Å². The molecular weight excluding hydrogens is 360 g/mol. The van der Waals surface area contributed by atoms with E-state index in [1.165, 1.54) is 7.11 Å². The lowest BCUT2D eigenvalue weighted by atomic mass is 10.2. The molecule has 0 atom stereocenters. The first-order valence-electron chi connectivity index (χ1n) is 7.89. The molecule has 0 aliphatic carbocycles. The van der Waals surface area contributed by atoms with Gasteiger partial charge in [-0.15, -0.1) is 5.10 Å². The number of amides is 1. The van der Waals surface area contributed by atoms with Crippen molar-refractivity contribution < 1.29 is 14.3 Å². The Hall–Kier alpha value is -2.94. The minimum absolute atomic E-state index is 0.254. The number of halogens is 1. The second-order valence-corrected chi connectivity index (χ2v) is 5.99. The fourth-order valence-electron chi connectivity index (χ4n) is 2.54. The zero-order valence-electron chi connectivity index (χ0n) is 14.1. The summed E-state index contributed by atoms with van der Waals surface area (Å²) >= 11 is 6.17. The van der Waals surface area contributed by atoms with Gasteiger partial charge in [-0.05, 0) is 18.2 Å². The van der Waals surface area contributed by atoms with Crippen molar-refractivity contribution >= 4 is 41.4 Å². The van der Waals surface area contributed by atoms with E-state index in [4.69, 9.17) is 16.3 Å². The number of aromatic nitrogens is 3. The van der Waals surface area contributed by atoms with Gasteiger partial charge < -0.3 is 19.9 Å². The Labute approximate surface area is 154 Å². The van der Waals surface area contributed by atoms with E-state index >= 15 is 0 Å². The van der Waals surface area contributed by atoms with Gasteiger partial charge in [0.2, 0.25) is 12.4 Å². The standard InChI is InChI=1S/C16H17ClN6O3/c1-26-15(25)11-2-3-12(17)13(8-11)19-16-20-14(9-18-21-16)23-6-4-22(10-24)5-7-23/h2-3,8-10H,4-7H2,1H3,(H,19,20,21). The number of methoxy groups -OCH3 is 1. The number of piperazine rings is 1. The van der Waals surface area contributed by atoms with E-state index in [9.17, 15) is 9.59 Å². The second kappa shape index (κ2) is 7.96. The molecule has 10 heteroatoms. The molecule has 2 heterocycles. The van der Waals surface area contributed by atoms with Crippen LogP contribution in [0.25, 0.3) is 0 Å². The number of esters is 1. The van der Waals surface area contributed by atoms with Crippen LogP contribution < -0.4 is 10.2 Å². The van der Waals surface area contributed by atoms with Gasteiger partial charge in [0.05, 0.1) is 29.6 Å². The Bertz CT molecular complexity index is 810. The van der Waals surface area contributed by atoms with Gasteiger partial charge in [-0.3, -0.25) is 4.79 Å². The third-order valence-electron chi connectivity index (χ3n) is 3.97. The Morgan fingerprint density at radius 3 is 2.77 bits per heavy atom. The van der Waals surface area contributed by atoms with E-state index in [2.05, 4.69) is 20.5 Å². The Kier molecular flexibility index (Phi) is 5.47. The largest absolute Gasteiger partial charge is 0.465 e. The number of benzene rings is 1. The third-order valence-corrected chi connectivity index (χ3v) is 4.30. The zero-order chi connectivity index (χ0) is 18.5. The van der Waals surface area contributed by atoms with Crippen molar-refractivity contribution in [2.45, 2.75) is 0 Å². The lowest BCUT2D eigenvalue weighted by molar-refractivity contribution is -0.118. The predicted molar refractivity (Wildman–Crippen MR) is 95.8 cm³/mol. The lowest BCUT2D eigenvalue weighted by Crippen LogP contribution is -2.46. The molecule has 2 aromatic rings. The summed E-state index contributed by atoms with van der Waals surface area (Å²) in [5.41, 5.74) is 0.827. The van der Waals surface area contributed by atoms with Crippen LogP contribution in [0.4, 0.5) is 17.5 Å². The van der Waals surface area contributed by atoms with Gasteiger partial charge in [0.25, 0.3) is 0 Å². The number of hydrogen-bond acceptors (Lipinski definition) is 8. The quantitative estimate of drug-likeness (QED) is 0.616. The summed E-state index contributed by atoms with van der Waals surface area (Å²) in [6, 6.07) is 4.72. The molecule has 1 N–H and O–H groups in total. The van der Waals surface area contributed by atoms with Crippen molar-refractivity contribution in [2.75, 3.05) is 43.5 Å². The van der Waals surface area contributed by atoms with Crippen LogP contribution in [0.1, 0.15) is 10.4 Å². The normalized spacial score (nSPS) is 14.1. The van der Waals surface area contributed by atoms with E-state index < -0.39 is 5.97 Å². The van der Waals surface area contributed by atoms with Gasteiger partial charge >= 0.3 is 5.97 Å². The molecule has 0 bridgehead atoms. The van der Waals surface area contributed by atoms with Gasteiger partial charge in [-0.2, -0.15) is 10.1 Å². The highest BCUT2D eigenvalue weighted by atomic mass is 35.5. The average molecular weight is 377 g/mol. The van der Waals surface area contributed by atoms with Crippen LogP contribution >= 0.6 is 11.6 Å². The van der Waals surface area contributed by atoms with E-state index in [-0.39, 0.29) is 5.95 Å². The zero-order valence-corrected chi connectivity index (χ0v) is 14.8. The lowest BCUT2D eigenvalue weighted by Gasteiger charge is -2.33. The van der Waals surface area contributed by atoms with E-state index in [0.29, 0.717) is 48.3 Å². The maximum Gasteiger partial charge on any atom is 0.337 e. The van der Waals surface area contributed by atoms with Gasteiger partial charge in [-0.1, -0.05) is 11.6 Å². The number of anilines is 3. The first-order chi connectivity index (χ1) is 12.6. The fraction of sp³-hybridized carbons (Fsp3) is 0.312. The predicted octanol–water partition coefficient (Wildman–Crippen LogP) is 1.33. The van der Waals surface area contributed by atoms with Gasteiger partial charge in [0, 0.05) is 26.2 Å². The summed E-state index contributed by atoms with van der Waals surface area (Å²) in [5, 5.41) is 11.3. The van der Waals surface area contributed by atoms with Crippen LogP contribution in [-0.2, 0) is 9.53 Å². The van der Waals surface area contributed by atoms with Crippen molar-refractivity contribution in [3.63, 3.8) is 0 Å². The highest BCUT2D eigenvalue weighted by Crippen LogP contribution is 2.26.